The molecule has 7 nitrogen and oxygen atoms in total. The van der Waals surface area contributed by atoms with Crippen molar-refractivity contribution in [3.05, 3.63) is 108 Å². The van der Waals surface area contributed by atoms with E-state index >= 15 is 0 Å². The zero-order chi connectivity index (χ0) is 21.9. The molecule has 1 aromatic heterocycles. The normalized spacial score (nSPS) is 12.4. The van der Waals surface area contributed by atoms with Gasteiger partial charge in [-0.1, -0.05) is 30.3 Å². The molecule has 158 valence electrons. The molecule has 0 aliphatic carbocycles. The molecule has 0 unspecified atom stereocenters. The average Bonchev–Trinajstić information content (AvgIpc) is 3.49. The number of fused-ring (bicyclic) bond motifs is 1. The second kappa shape index (κ2) is 8.47. The van der Waals surface area contributed by atoms with E-state index < -0.39 is 0 Å². The maximum atomic E-state index is 12.9. The average molecular weight is 423 g/mol. The Bertz CT molecular complexity index is 1250. The van der Waals surface area contributed by atoms with E-state index in [0.29, 0.717) is 29.9 Å². The second-order valence-corrected chi connectivity index (χ2v) is 7.66. The summed E-state index contributed by atoms with van der Waals surface area (Å²) in [4.78, 5) is 31.3. The second-order valence-electron chi connectivity index (χ2n) is 7.66. The first kappa shape index (κ1) is 19.7. The first-order valence-corrected chi connectivity index (χ1v) is 10.4. The van der Waals surface area contributed by atoms with Crippen LogP contribution in [0.15, 0.2) is 85.5 Å². The molecular formula is C25H21N5O2. The van der Waals surface area contributed by atoms with Crippen molar-refractivity contribution < 1.29 is 9.59 Å². The molecule has 4 aromatic rings. The van der Waals surface area contributed by atoms with Crippen LogP contribution in [0.3, 0.4) is 0 Å². The monoisotopic (exact) mass is 423 g/mol. The standard InChI is InChI=1S/C25H21N5O2/c31-24(20-7-5-18(6-8-20)15-29-17-26-16-27-29)28-22-11-9-21(10-12-22)25(32)30-14-13-19-3-1-2-4-23(19)30/h1-12,16-17H,13-15H2,(H,28,31). The fourth-order valence-electron chi connectivity index (χ4n) is 3.87. The molecule has 2 heterocycles. The summed E-state index contributed by atoms with van der Waals surface area (Å²) in [5.41, 5.74) is 4.98. The summed E-state index contributed by atoms with van der Waals surface area (Å²) >= 11 is 0. The summed E-state index contributed by atoms with van der Waals surface area (Å²) in [5.74, 6) is -0.236. The van der Waals surface area contributed by atoms with Crippen LogP contribution in [0.2, 0.25) is 0 Å². The van der Waals surface area contributed by atoms with Gasteiger partial charge in [-0.05, 0) is 60.0 Å². The summed E-state index contributed by atoms with van der Waals surface area (Å²) in [6.07, 6.45) is 4.01. The number of anilines is 2. The van der Waals surface area contributed by atoms with Crippen molar-refractivity contribution in [3.63, 3.8) is 0 Å². The van der Waals surface area contributed by atoms with Crippen molar-refractivity contribution in [1.29, 1.82) is 0 Å². The highest BCUT2D eigenvalue weighted by Gasteiger charge is 2.25. The number of aromatic nitrogens is 3. The fourth-order valence-corrected chi connectivity index (χ4v) is 3.87. The van der Waals surface area contributed by atoms with Crippen molar-refractivity contribution in [2.75, 3.05) is 16.8 Å². The summed E-state index contributed by atoms with van der Waals surface area (Å²) in [5, 5.41) is 6.96. The molecular weight excluding hydrogens is 402 g/mol. The van der Waals surface area contributed by atoms with Crippen molar-refractivity contribution in [2.45, 2.75) is 13.0 Å². The Hall–Kier alpha value is -4.26. The smallest absolute Gasteiger partial charge is 0.258 e. The third kappa shape index (κ3) is 4.00. The minimum atomic E-state index is -0.204. The van der Waals surface area contributed by atoms with Gasteiger partial charge >= 0.3 is 0 Å². The highest BCUT2D eigenvalue weighted by atomic mass is 16.2. The van der Waals surface area contributed by atoms with Crippen LogP contribution < -0.4 is 10.2 Å². The molecule has 0 bridgehead atoms. The molecule has 1 N–H and O–H groups in total. The van der Waals surface area contributed by atoms with Crippen LogP contribution in [-0.4, -0.2) is 33.1 Å². The first-order valence-electron chi connectivity index (χ1n) is 10.4. The molecule has 0 fully saturated rings. The van der Waals surface area contributed by atoms with E-state index in [0.717, 1.165) is 17.7 Å². The van der Waals surface area contributed by atoms with Crippen molar-refractivity contribution >= 4 is 23.2 Å². The van der Waals surface area contributed by atoms with Gasteiger partial charge in [-0.15, -0.1) is 0 Å². The van der Waals surface area contributed by atoms with E-state index in [1.807, 2.05) is 35.2 Å². The van der Waals surface area contributed by atoms with Crippen LogP contribution in [0.25, 0.3) is 0 Å². The van der Waals surface area contributed by atoms with Crippen molar-refractivity contribution in [2.24, 2.45) is 0 Å². The van der Waals surface area contributed by atoms with Gasteiger partial charge in [0.25, 0.3) is 11.8 Å². The Kier molecular flexibility index (Phi) is 5.21. The maximum Gasteiger partial charge on any atom is 0.258 e. The summed E-state index contributed by atoms with van der Waals surface area (Å²) in [6.45, 7) is 1.28. The van der Waals surface area contributed by atoms with E-state index in [2.05, 4.69) is 21.5 Å². The minimum absolute atomic E-state index is 0.0317. The van der Waals surface area contributed by atoms with Crippen molar-refractivity contribution in [3.8, 4) is 0 Å². The first-order chi connectivity index (χ1) is 15.7. The van der Waals surface area contributed by atoms with Crippen LogP contribution in [-0.2, 0) is 13.0 Å². The van der Waals surface area contributed by atoms with Crippen LogP contribution in [0, 0.1) is 0 Å². The lowest BCUT2D eigenvalue weighted by Crippen LogP contribution is -2.28. The lowest BCUT2D eigenvalue weighted by Gasteiger charge is -2.17. The van der Waals surface area contributed by atoms with Gasteiger partial charge in [0.05, 0.1) is 6.54 Å². The molecule has 7 heteroatoms. The van der Waals surface area contributed by atoms with Gasteiger partial charge in [-0.25, -0.2) is 9.67 Å². The molecule has 0 atom stereocenters. The van der Waals surface area contributed by atoms with Crippen LogP contribution in [0.5, 0.6) is 0 Å². The van der Waals surface area contributed by atoms with Crippen LogP contribution in [0.1, 0.15) is 31.8 Å². The van der Waals surface area contributed by atoms with Gasteiger partial charge in [-0.2, -0.15) is 5.10 Å². The van der Waals surface area contributed by atoms with E-state index in [4.69, 9.17) is 0 Å². The van der Waals surface area contributed by atoms with E-state index in [1.165, 1.54) is 11.9 Å². The Labute approximate surface area is 185 Å². The number of nitrogens with one attached hydrogen (secondary N) is 1. The molecule has 0 radical (unpaired) electrons. The number of nitrogens with zero attached hydrogens (tertiary/aromatic N) is 4. The van der Waals surface area contributed by atoms with Gasteiger partial charge in [0.15, 0.2) is 0 Å². The highest BCUT2D eigenvalue weighted by molar-refractivity contribution is 6.08. The molecule has 1 aliphatic heterocycles. The predicted molar refractivity (Wildman–Crippen MR) is 122 cm³/mol. The van der Waals surface area contributed by atoms with E-state index in [1.54, 1.807) is 47.4 Å². The predicted octanol–water partition coefficient (Wildman–Crippen LogP) is 3.78. The number of para-hydroxylation sites is 1. The van der Waals surface area contributed by atoms with Crippen molar-refractivity contribution in [1.82, 2.24) is 14.8 Å². The van der Waals surface area contributed by atoms with Gasteiger partial charge in [0.1, 0.15) is 12.7 Å². The fraction of sp³-hybridized carbons (Fsp3) is 0.120. The van der Waals surface area contributed by atoms with Crippen LogP contribution in [0.4, 0.5) is 11.4 Å². The number of carbonyl (C=O) groups is 2. The molecule has 2 amide bonds. The lowest BCUT2D eigenvalue weighted by molar-refractivity contribution is 0.0988. The molecule has 1 aliphatic rings. The van der Waals surface area contributed by atoms with Gasteiger partial charge in [0, 0.05) is 29.0 Å². The summed E-state index contributed by atoms with van der Waals surface area (Å²) in [6, 6.07) is 22.3. The number of benzene rings is 3. The molecule has 0 spiro atoms. The molecule has 0 saturated carbocycles. The lowest BCUT2D eigenvalue weighted by atomic mass is 10.1. The van der Waals surface area contributed by atoms with E-state index in [-0.39, 0.29) is 11.8 Å². The number of hydrogen-bond donors (Lipinski definition) is 1. The maximum absolute atomic E-state index is 12.9. The summed E-state index contributed by atoms with van der Waals surface area (Å²) < 4.78 is 1.72. The third-order valence-electron chi connectivity index (χ3n) is 5.55. The number of rotatable bonds is 5. The SMILES string of the molecule is O=C(Nc1ccc(C(=O)N2CCc3ccccc32)cc1)c1ccc(Cn2cncn2)cc1. The topological polar surface area (TPSA) is 80.1 Å². The highest BCUT2D eigenvalue weighted by Crippen LogP contribution is 2.29. The molecule has 32 heavy (non-hydrogen) atoms. The molecule has 5 rings (SSSR count). The van der Waals surface area contributed by atoms with Gasteiger partial charge < -0.3 is 10.2 Å². The minimum Gasteiger partial charge on any atom is -0.322 e. The molecule has 3 aromatic carbocycles. The number of hydrogen-bond acceptors (Lipinski definition) is 4. The Morgan fingerprint density at radius 3 is 2.41 bits per heavy atom. The zero-order valence-corrected chi connectivity index (χ0v) is 17.3. The number of amides is 2. The Balaban J connectivity index is 1.23. The Morgan fingerprint density at radius 2 is 1.66 bits per heavy atom. The zero-order valence-electron chi connectivity index (χ0n) is 17.3. The molecule has 0 saturated heterocycles. The Morgan fingerprint density at radius 1 is 0.906 bits per heavy atom. The third-order valence-corrected chi connectivity index (χ3v) is 5.55. The quantitative estimate of drug-likeness (QED) is 0.530. The van der Waals surface area contributed by atoms with E-state index in [9.17, 15) is 9.59 Å². The summed E-state index contributed by atoms with van der Waals surface area (Å²) in [7, 11) is 0. The largest absolute Gasteiger partial charge is 0.322 e. The number of carbonyl (C=O) groups excluding carboxylic acids is 2. The van der Waals surface area contributed by atoms with Crippen LogP contribution >= 0.6 is 0 Å². The van der Waals surface area contributed by atoms with Gasteiger partial charge in [-0.3, -0.25) is 9.59 Å². The van der Waals surface area contributed by atoms with Gasteiger partial charge in [0.2, 0.25) is 0 Å².